The SMILES string of the molecule is COc1ccc(N2CCN(C(=O)c3ccccc3-c3ccccc3)CC2)cc1. The highest BCUT2D eigenvalue weighted by Gasteiger charge is 2.24. The van der Waals surface area contributed by atoms with Gasteiger partial charge in [-0.1, -0.05) is 48.5 Å². The molecule has 1 aliphatic rings. The van der Waals surface area contributed by atoms with E-state index in [1.54, 1.807) is 7.11 Å². The van der Waals surface area contributed by atoms with Gasteiger partial charge in [-0.05, 0) is 41.5 Å². The van der Waals surface area contributed by atoms with Crippen LogP contribution in [0.25, 0.3) is 11.1 Å². The summed E-state index contributed by atoms with van der Waals surface area (Å²) in [5, 5.41) is 0. The Bertz CT molecular complexity index is 930. The van der Waals surface area contributed by atoms with E-state index in [9.17, 15) is 4.79 Å². The minimum absolute atomic E-state index is 0.105. The van der Waals surface area contributed by atoms with Crippen molar-refractivity contribution < 1.29 is 9.53 Å². The number of rotatable bonds is 4. The zero-order valence-corrected chi connectivity index (χ0v) is 16.0. The van der Waals surface area contributed by atoms with Gasteiger partial charge >= 0.3 is 0 Å². The number of benzene rings is 3. The van der Waals surface area contributed by atoms with Crippen LogP contribution in [0, 0.1) is 0 Å². The maximum atomic E-state index is 13.2. The van der Waals surface area contributed by atoms with E-state index in [1.807, 2.05) is 71.6 Å². The number of hydrogen-bond donors (Lipinski definition) is 0. The number of hydrogen-bond acceptors (Lipinski definition) is 3. The Hall–Kier alpha value is -3.27. The molecule has 4 nitrogen and oxygen atoms in total. The van der Waals surface area contributed by atoms with Crippen molar-refractivity contribution in [2.75, 3.05) is 38.2 Å². The highest BCUT2D eigenvalue weighted by molar-refractivity contribution is 6.01. The van der Waals surface area contributed by atoms with Crippen molar-refractivity contribution in [3.63, 3.8) is 0 Å². The minimum Gasteiger partial charge on any atom is -0.497 e. The summed E-state index contributed by atoms with van der Waals surface area (Å²) in [7, 11) is 1.67. The molecular formula is C24H24N2O2. The van der Waals surface area contributed by atoms with Crippen LogP contribution < -0.4 is 9.64 Å². The average Bonchev–Trinajstić information content (AvgIpc) is 2.79. The van der Waals surface area contributed by atoms with E-state index in [-0.39, 0.29) is 5.91 Å². The summed E-state index contributed by atoms with van der Waals surface area (Å²) in [5.74, 6) is 0.962. The van der Waals surface area contributed by atoms with Gasteiger partial charge in [0.15, 0.2) is 0 Å². The molecule has 1 aliphatic heterocycles. The first kappa shape index (κ1) is 18.1. The summed E-state index contributed by atoms with van der Waals surface area (Å²) >= 11 is 0. The molecular weight excluding hydrogens is 348 g/mol. The topological polar surface area (TPSA) is 32.8 Å². The van der Waals surface area contributed by atoms with Gasteiger partial charge in [-0.15, -0.1) is 0 Å². The molecule has 0 unspecified atom stereocenters. The van der Waals surface area contributed by atoms with E-state index >= 15 is 0 Å². The molecule has 0 N–H and O–H groups in total. The molecule has 1 fully saturated rings. The molecule has 0 bridgehead atoms. The normalized spacial score (nSPS) is 14.0. The maximum Gasteiger partial charge on any atom is 0.254 e. The van der Waals surface area contributed by atoms with Crippen molar-refractivity contribution in [3.05, 3.63) is 84.4 Å². The van der Waals surface area contributed by atoms with Crippen LogP contribution in [-0.4, -0.2) is 44.1 Å². The third kappa shape index (κ3) is 3.72. The Kier molecular flexibility index (Phi) is 5.29. The van der Waals surface area contributed by atoms with E-state index in [0.717, 1.165) is 41.2 Å². The lowest BCUT2D eigenvalue weighted by Crippen LogP contribution is -2.48. The molecule has 0 spiro atoms. The van der Waals surface area contributed by atoms with Gasteiger partial charge in [0, 0.05) is 37.4 Å². The van der Waals surface area contributed by atoms with E-state index < -0.39 is 0 Å². The lowest BCUT2D eigenvalue weighted by atomic mass is 9.98. The molecule has 0 radical (unpaired) electrons. The van der Waals surface area contributed by atoms with Gasteiger partial charge in [0.1, 0.15) is 5.75 Å². The highest BCUT2D eigenvalue weighted by atomic mass is 16.5. The van der Waals surface area contributed by atoms with Crippen LogP contribution >= 0.6 is 0 Å². The van der Waals surface area contributed by atoms with Gasteiger partial charge in [-0.2, -0.15) is 0 Å². The predicted molar refractivity (Wildman–Crippen MR) is 113 cm³/mol. The number of anilines is 1. The van der Waals surface area contributed by atoms with Gasteiger partial charge in [0.05, 0.1) is 7.11 Å². The summed E-state index contributed by atoms with van der Waals surface area (Å²) in [6.07, 6.45) is 0. The molecule has 1 amide bonds. The summed E-state index contributed by atoms with van der Waals surface area (Å²) < 4.78 is 5.23. The number of ether oxygens (including phenoxy) is 1. The highest BCUT2D eigenvalue weighted by Crippen LogP contribution is 2.26. The molecule has 1 heterocycles. The van der Waals surface area contributed by atoms with Crippen LogP contribution in [0.1, 0.15) is 10.4 Å². The zero-order chi connectivity index (χ0) is 19.3. The quantitative estimate of drug-likeness (QED) is 0.684. The molecule has 28 heavy (non-hydrogen) atoms. The van der Waals surface area contributed by atoms with Gasteiger partial charge in [0.2, 0.25) is 0 Å². The predicted octanol–water partition coefficient (Wildman–Crippen LogP) is 4.32. The third-order valence-corrected chi connectivity index (χ3v) is 5.25. The second-order valence-electron chi connectivity index (χ2n) is 6.89. The van der Waals surface area contributed by atoms with Crippen LogP contribution in [0.5, 0.6) is 5.75 Å². The Morgan fingerprint density at radius 2 is 1.43 bits per heavy atom. The second-order valence-corrected chi connectivity index (χ2v) is 6.89. The van der Waals surface area contributed by atoms with Crippen LogP contribution in [0.2, 0.25) is 0 Å². The Morgan fingerprint density at radius 1 is 0.786 bits per heavy atom. The fraction of sp³-hybridized carbons (Fsp3) is 0.208. The van der Waals surface area contributed by atoms with Gasteiger partial charge in [-0.25, -0.2) is 0 Å². The second kappa shape index (κ2) is 8.17. The van der Waals surface area contributed by atoms with E-state index in [4.69, 9.17) is 4.74 Å². The third-order valence-electron chi connectivity index (χ3n) is 5.25. The number of carbonyl (C=O) groups is 1. The molecule has 1 saturated heterocycles. The number of piperazine rings is 1. The first-order valence-electron chi connectivity index (χ1n) is 9.59. The van der Waals surface area contributed by atoms with E-state index in [1.165, 1.54) is 0 Å². The van der Waals surface area contributed by atoms with Gasteiger partial charge in [-0.3, -0.25) is 4.79 Å². The van der Waals surface area contributed by atoms with Crippen molar-refractivity contribution >= 4 is 11.6 Å². The molecule has 0 saturated carbocycles. The Labute approximate surface area is 166 Å². The van der Waals surface area contributed by atoms with Crippen LogP contribution in [0.15, 0.2) is 78.9 Å². The minimum atomic E-state index is 0.105. The van der Waals surface area contributed by atoms with E-state index in [0.29, 0.717) is 13.1 Å². The van der Waals surface area contributed by atoms with Gasteiger partial charge < -0.3 is 14.5 Å². The largest absolute Gasteiger partial charge is 0.497 e. The summed E-state index contributed by atoms with van der Waals surface area (Å²) in [4.78, 5) is 17.5. The van der Waals surface area contributed by atoms with Crippen LogP contribution in [0.3, 0.4) is 0 Å². The summed E-state index contributed by atoms with van der Waals surface area (Å²) in [6, 6.07) is 26.1. The van der Waals surface area contributed by atoms with Crippen LogP contribution in [-0.2, 0) is 0 Å². The number of carbonyl (C=O) groups excluding carboxylic acids is 1. The van der Waals surface area contributed by atoms with Crippen molar-refractivity contribution in [1.82, 2.24) is 4.90 Å². The van der Waals surface area contributed by atoms with Crippen molar-refractivity contribution in [2.24, 2.45) is 0 Å². The van der Waals surface area contributed by atoms with Crippen molar-refractivity contribution in [3.8, 4) is 16.9 Å². The lowest BCUT2D eigenvalue weighted by Gasteiger charge is -2.36. The molecule has 3 aromatic carbocycles. The van der Waals surface area contributed by atoms with Crippen molar-refractivity contribution in [2.45, 2.75) is 0 Å². The molecule has 4 heteroatoms. The van der Waals surface area contributed by atoms with Crippen LogP contribution in [0.4, 0.5) is 5.69 Å². The zero-order valence-electron chi connectivity index (χ0n) is 16.0. The Balaban J connectivity index is 1.47. The molecule has 0 aromatic heterocycles. The van der Waals surface area contributed by atoms with Crippen molar-refractivity contribution in [1.29, 1.82) is 0 Å². The number of amides is 1. The van der Waals surface area contributed by atoms with E-state index in [2.05, 4.69) is 17.0 Å². The van der Waals surface area contributed by atoms with Gasteiger partial charge in [0.25, 0.3) is 5.91 Å². The Morgan fingerprint density at radius 3 is 2.11 bits per heavy atom. The molecule has 3 aromatic rings. The molecule has 0 aliphatic carbocycles. The fourth-order valence-electron chi connectivity index (χ4n) is 3.67. The fourth-order valence-corrected chi connectivity index (χ4v) is 3.67. The number of methoxy groups -OCH3 is 1. The molecule has 142 valence electrons. The molecule has 0 atom stereocenters. The monoisotopic (exact) mass is 372 g/mol. The lowest BCUT2D eigenvalue weighted by molar-refractivity contribution is 0.0747. The summed E-state index contributed by atoms with van der Waals surface area (Å²) in [6.45, 7) is 3.08. The average molecular weight is 372 g/mol. The summed E-state index contributed by atoms with van der Waals surface area (Å²) in [5.41, 5.74) is 4.00. The first-order chi connectivity index (χ1) is 13.8. The number of nitrogens with zero attached hydrogens (tertiary/aromatic N) is 2. The molecule has 4 rings (SSSR count). The first-order valence-corrected chi connectivity index (χ1v) is 9.59. The smallest absolute Gasteiger partial charge is 0.254 e. The standard InChI is InChI=1S/C24H24N2O2/c1-28-21-13-11-20(12-14-21)25-15-17-26(18-16-25)24(27)23-10-6-5-9-22(23)19-7-3-2-4-8-19/h2-14H,15-18H2,1H3. The maximum absolute atomic E-state index is 13.2.